The summed E-state index contributed by atoms with van der Waals surface area (Å²) in [6.45, 7) is 6.70. The lowest BCUT2D eigenvalue weighted by atomic mass is 10.1. The van der Waals surface area contributed by atoms with Crippen molar-refractivity contribution in [3.05, 3.63) is 39.5 Å². The van der Waals surface area contributed by atoms with E-state index in [2.05, 4.69) is 10.4 Å². The highest BCUT2D eigenvalue weighted by molar-refractivity contribution is 6.35. The Balaban J connectivity index is 2.30. The van der Waals surface area contributed by atoms with Crippen LogP contribution < -0.4 is 11.1 Å². The molecule has 2 rings (SSSR count). The molecule has 20 heavy (non-hydrogen) atoms. The van der Waals surface area contributed by atoms with E-state index < -0.39 is 0 Å². The molecular weight excluding hydrogens is 295 g/mol. The fourth-order valence-electron chi connectivity index (χ4n) is 2.11. The van der Waals surface area contributed by atoms with Gasteiger partial charge in [0.1, 0.15) is 5.82 Å². The van der Waals surface area contributed by atoms with Gasteiger partial charge in [-0.1, -0.05) is 29.3 Å². The van der Waals surface area contributed by atoms with Gasteiger partial charge in [-0.15, -0.1) is 0 Å². The molecule has 6 heteroatoms. The van der Waals surface area contributed by atoms with Crippen LogP contribution in [-0.4, -0.2) is 9.78 Å². The summed E-state index contributed by atoms with van der Waals surface area (Å²) in [6.07, 6.45) is 0. The van der Waals surface area contributed by atoms with E-state index in [1.165, 1.54) is 0 Å². The molecule has 0 aliphatic carbocycles. The average Bonchev–Trinajstić information content (AvgIpc) is 2.66. The SMILES string of the molecule is CCn1nc(C)c(N)c1NC(C)c1ccc(Cl)cc1Cl. The predicted molar refractivity (Wildman–Crippen MR) is 85.6 cm³/mol. The number of rotatable bonds is 4. The maximum absolute atomic E-state index is 6.23. The van der Waals surface area contributed by atoms with E-state index in [1.807, 2.05) is 37.6 Å². The fraction of sp³-hybridized carbons (Fsp3) is 0.357. The van der Waals surface area contributed by atoms with Crippen LogP contribution in [0.1, 0.15) is 31.1 Å². The molecule has 0 aliphatic heterocycles. The summed E-state index contributed by atoms with van der Waals surface area (Å²) in [5.41, 5.74) is 8.53. The zero-order valence-corrected chi connectivity index (χ0v) is 13.3. The molecule has 1 unspecified atom stereocenters. The molecule has 1 aromatic carbocycles. The second-order valence-electron chi connectivity index (χ2n) is 4.70. The Morgan fingerprint density at radius 3 is 2.70 bits per heavy atom. The lowest BCUT2D eigenvalue weighted by Gasteiger charge is -2.18. The smallest absolute Gasteiger partial charge is 0.148 e. The molecule has 108 valence electrons. The number of halogens is 2. The van der Waals surface area contributed by atoms with Gasteiger partial charge in [0, 0.05) is 16.6 Å². The number of aryl methyl sites for hydroxylation is 2. The van der Waals surface area contributed by atoms with Gasteiger partial charge < -0.3 is 11.1 Å². The van der Waals surface area contributed by atoms with Gasteiger partial charge in [0.2, 0.25) is 0 Å². The second-order valence-corrected chi connectivity index (χ2v) is 5.54. The third-order valence-electron chi connectivity index (χ3n) is 3.26. The number of anilines is 2. The summed E-state index contributed by atoms with van der Waals surface area (Å²) in [5.74, 6) is 0.823. The molecule has 0 bridgehead atoms. The summed E-state index contributed by atoms with van der Waals surface area (Å²) >= 11 is 12.2. The van der Waals surface area contributed by atoms with Crippen molar-refractivity contribution in [3.63, 3.8) is 0 Å². The first kappa shape index (κ1) is 15.0. The normalized spacial score (nSPS) is 12.4. The Labute approximate surface area is 128 Å². The minimum Gasteiger partial charge on any atom is -0.394 e. The fourth-order valence-corrected chi connectivity index (χ4v) is 2.68. The zero-order valence-electron chi connectivity index (χ0n) is 11.7. The number of nitrogens with one attached hydrogen (secondary N) is 1. The first-order valence-corrected chi connectivity index (χ1v) is 7.24. The van der Waals surface area contributed by atoms with E-state index in [4.69, 9.17) is 28.9 Å². The van der Waals surface area contributed by atoms with Crippen LogP contribution in [0.4, 0.5) is 11.5 Å². The van der Waals surface area contributed by atoms with Crippen molar-refractivity contribution in [1.82, 2.24) is 9.78 Å². The van der Waals surface area contributed by atoms with E-state index in [1.54, 1.807) is 6.07 Å². The maximum Gasteiger partial charge on any atom is 0.148 e. The molecule has 0 fully saturated rings. The van der Waals surface area contributed by atoms with Crippen LogP contribution in [0, 0.1) is 6.92 Å². The van der Waals surface area contributed by atoms with Gasteiger partial charge in [-0.05, 0) is 38.5 Å². The number of nitrogens with two attached hydrogens (primary N) is 1. The van der Waals surface area contributed by atoms with Gasteiger partial charge in [-0.2, -0.15) is 5.10 Å². The van der Waals surface area contributed by atoms with Gasteiger partial charge in [-0.3, -0.25) is 0 Å². The molecule has 1 heterocycles. The summed E-state index contributed by atoms with van der Waals surface area (Å²) in [6, 6.07) is 5.48. The first-order chi connectivity index (χ1) is 9.43. The van der Waals surface area contributed by atoms with Crippen LogP contribution in [0.3, 0.4) is 0 Å². The van der Waals surface area contributed by atoms with Crippen LogP contribution in [0.5, 0.6) is 0 Å². The molecule has 1 aromatic heterocycles. The topological polar surface area (TPSA) is 55.9 Å². The Morgan fingerprint density at radius 1 is 1.40 bits per heavy atom. The lowest BCUT2D eigenvalue weighted by molar-refractivity contribution is 0.651. The molecule has 0 aliphatic rings. The molecule has 0 saturated heterocycles. The lowest BCUT2D eigenvalue weighted by Crippen LogP contribution is -2.13. The number of nitrogen functional groups attached to an aromatic ring is 1. The van der Waals surface area contributed by atoms with Crippen molar-refractivity contribution in [2.24, 2.45) is 0 Å². The predicted octanol–water partition coefficient (Wildman–Crippen LogP) is 4.27. The van der Waals surface area contributed by atoms with Gasteiger partial charge in [0.15, 0.2) is 0 Å². The molecule has 4 nitrogen and oxygen atoms in total. The van der Waals surface area contributed by atoms with Crippen molar-refractivity contribution in [2.45, 2.75) is 33.4 Å². The van der Waals surface area contributed by atoms with Crippen molar-refractivity contribution in [2.75, 3.05) is 11.1 Å². The summed E-state index contributed by atoms with van der Waals surface area (Å²) < 4.78 is 1.85. The maximum atomic E-state index is 6.23. The minimum absolute atomic E-state index is 0.00321. The van der Waals surface area contributed by atoms with Crippen LogP contribution in [0.25, 0.3) is 0 Å². The molecule has 0 radical (unpaired) electrons. The minimum atomic E-state index is 0.00321. The standard InChI is InChI=1S/C14H18Cl2N4/c1-4-20-14(13(17)9(3)19-20)18-8(2)11-6-5-10(15)7-12(11)16/h5-8,18H,4,17H2,1-3H3. The molecule has 0 saturated carbocycles. The van der Waals surface area contributed by atoms with E-state index in [-0.39, 0.29) is 6.04 Å². The van der Waals surface area contributed by atoms with Crippen LogP contribution in [-0.2, 0) is 6.54 Å². The highest BCUT2D eigenvalue weighted by atomic mass is 35.5. The number of hydrogen-bond donors (Lipinski definition) is 2. The Bertz CT molecular complexity index is 622. The molecular formula is C14H18Cl2N4. The Hall–Kier alpha value is -1.39. The van der Waals surface area contributed by atoms with E-state index >= 15 is 0 Å². The Morgan fingerprint density at radius 2 is 2.10 bits per heavy atom. The van der Waals surface area contributed by atoms with Crippen molar-refractivity contribution < 1.29 is 0 Å². The number of benzene rings is 1. The molecule has 3 N–H and O–H groups in total. The van der Waals surface area contributed by atoms with Gasteiger partial charge >= 0.3 is 0 Å². The van der Waals surface area contributed by atoms with Crippen LogP contribution in [0.15, 0.2) is 18.2 Å². The number of hydrogen-bond acceptors (Lipinski definition) is 3. The quantitative estimate of drug-likeness (QED) is 0.886. The summed E-state index contributed by atoms with van der Waals surface area (Å²) in [5, 5.41) is 9.02. The van der Waals surface area contributed by atoms with E-state index in [9.17, 15) is 0 Å². The van der Waals surface area contributed by atoms with E-state index in [0.717, 1.165) is 23.6 Å². The highest BCUT2D eigenvalue weighted by Gasteiger charge is 2.16. The van der Waals surface area contributed by atoms with Crippen molar-refractivity contribution in [3.8, 4) is 0 Å². The number of aromatic nitrogens is 2. The third kappa shape index (κ3) is 2.86. The zero-order chi connectivity index (χ0) is 14.9. The Kier molecular flexibility index (Phi) is 4.45. The van der Waals surface area contributed by atoms with Crippen LogP contribution >= 0.6 is 23.2 Å². The summed E-state index contributed by atoms with van der Waals surface area (Å²) in [7, 11) is 0. The van der Waals surface area contributed by atoms with Crippen molar-refractivity contribution in [1.29, 1.82) is 0 Å². The van der Waals surface area contributed by atoms with Crippen LogP contribution in [0.2, 0.25) is 10.0 Å². The average molecular weight is 313 g/mol. The monoisotopic (exact) mass is 312 g/mol. The largest absolute Gasteiger partial charge is 0.394 e. The molecule has 1 atom stereocenters. The summed E-state index contributed by atoms with van der Waals surface area (Å²) in [4.78, 5) is 0. The molecule has 2 aromatic rings. The highest BCUT2D eigenvalue weighted by Crippen LogP contribution is 2.31. The molecule has 0 amide bonds. The first-order valence-electron chi connectivity index (χ1n) is 6.48. The molecule has 0 spiro atoms. The van der Waals surface area contributed by atoms with Gasteiger partial charge in [0.25, 0.3) is 0 Å². The van der Waals surface area contributed by atoms with E-state index in [0.29, 0.717) is 15.7 Å². The van der Waals surface area contributed by atoms with Gasteiger partial charge in [-0.25, -0.2) is 4.68 Å². The third-order valence-corrected chi connectivity index (χ3v) is 3.82. The second kappa shape index (κ2) is 5.94. The van der Waals surface area contributed by atoms with Gasteiger partial charge in [0.05, 0.1) is 17.4 Å². The number of nitrogens with zero attached hydrogens (tertiary/aromatic N) is 2. The van der Waals surface area contributed by atoms with Crippen molar-refractivity contribution >= 4 is 34.7 Å².